The van der Waals surface area contributed by atoms with Crippen LogP contribution in [0.2, 0.25) is 0 Å². The third-order valence-corrected chi connectivity index (χ3v) is 3.64. The molecule has 0 saturated heterocycles. The number of hydrogen-bond donors (Lipinski definition) is 3. The van der Waals surface area contributed by atoms with Gasteiger partial charge in [-0.25, -0.2) is 0 Å². The number of para-hydroxylation sites is 1. The second-order valence-electron chi connectivity index (χ2n) is 5.02. The first kappa shape index (κ1) is 13.8. The fourth-order valence-corrected chi connectivity index (χ4v) is 2.52. The van der Waals surface area contributed by atoms with E-state index in [2.05, 4.69) is 16.2 Å². The average molecular weight is 291 g/mol. The molecule has 0 aliphatic rings. The molecule has 1 aromatic heterocycles. The Balaban J connectivity index is 2.16. The Morgan fingerprint density at radius 3 is 2.32 bits per heavy atom. The van der Waals surface area contributed by atoms with Gasteiger partial charge in [0.1, 0.15) is 5.84 Å². The van der Waals surface area contributed by atoms with Crippen LogP contribution in [0.5, 0.6) is 0 Å². The highest BCUT2D eigenvalue weighted by Crippen LogP contribution is 2.27. The molecule has 5 nitrogen and oxygen atoms in total. The van der Waals surface area contributed by atoms with Crippen molar-refractivity contribution in [1.82, 2.24) is 4.57 Å². The zero-order chi connectivity index (χ0) is 15.7. The summed E-state index contributed by atoms with van der Waals surface area (Å²) < 4.78 is 2.07. The normalized spacial score (nSPS) is 11.7. The van der Waals surface area contributed by atoms with Crippen molar-refractivity contribution in [2.75, 3.05) is 0 Å². The van der Waals surface area contributed by atoms with Crippen LogP contribution in [0, 0.1) is 0 Å². The predicted molar refractivity (Wildman–Crippen MR) is 91.4 cm³/mol. The van der Waals surface area contributed by atoms with Crippen molar-refractivity contribution >= 4 is 22.4 Å². The first-order valence-corrected chi connectivity index (χ1v) is 6.81. The van der Waals surface area contributed by atoms with Gasteiger partial charge < -0.3 is 21.9 Å². The van der Waals surface area contributed by atoms with Gasteiger partial charge in [0.05, 0.1) is 5.52 Å². The zero-order valence-electron chi connectivity index (χ0n) is 12.0. The maximum absolute atomic E-state index is 5.90. The van der Waals surface area contributed by atoms with E-state index in [1.807, 2.05) is 54.7 Å². The highest BCUT2D eigenvalue weighted by Gasteiger charge is 2.10. The molecule has 0 aliphatic carbocycles. The summed E-state index contributed by atoms with van der Waals surface area (Å²) in [5, 5.41) is 4.57. The molecule has 0 unspecified atom stereocenters. The van der Waals surface area contributed by atoms with Crippen molar-refractivity contribution in [3.05, 3.63) is 72.4 Å². The quantitative estimate of drug-likeness (QED) is 0.298. The highest BCUT2D eigenvalue weighted by atomic mass is 15.2. The molecule has 0 amide bonds. The fraction of sp³-hybridized carbons (Fsp3) is 0. The van der Waals surface area contributed by atoms with Crippen LogP contribution < -0.4 is 17.3 Å². The summed E-state index contributed by atoms with van der Waals surface area (Å²) >= 11 is 0. The average Bonchev–Trinajstić information content (AvgIpc) is 2.94. The Morgan fingerprint density at radius 1 is 1.00 bits per heavy atom. The SMILES string of the molecule is C=C(N)c1cn(-c2ccc(/C(N)=N/N)cc2)c2ccccc12. The van der Waals surface area contributed by atoms with Crippen LogP contribution in [-0.4, -0.2) is 10.4 Å². The Hall–Kier alpha value is -3.21. The largest absolute Gasteiger partial charge is 0.399 e. The molecule has 3 rings (SSSR count). The molecule has 22 heavy (non-hydrogen) atoms. The van der Waals surface area contributed by atoms with Gasteiger partial charge in [-0.05, 0) is 30.3 Å². The number of rotatable bonds is 3. The fourth-order valence-electron chi connectivity index (χ4n) is 2.52. The maximum atomic E-state index is 5.90. The van der Waals surface area contributed by atoms with E-state index >= 15 is 0 Å². The number of amidine groups is 1. The van der Waals surface area contributed by atoms with Crippen LogP contribution >= 0.6 is 0 Å². The third kappa shape index (κ3) is 2.18. The van der Waals surface area contributed by atoms with Crippen molar-refractivity contribution in [2.24, 2.45) is 22.4 Å². The lowest BCUT2D eigenvalue weighted by Gasteiger charge is -2.06. The lowest BCUT2D eigenvalue weighted by molar-refractivity contribution is 1.12. The van der Waals surface area contributed by atoms with Crippen LogP contribution in [0.1, 0.15) is 11.1 Å². The molecule has 5 heteroatoms. The minimum atomic E-state index is 0.305. The summed E-state index contributed by atoms with van der Waals surface area (Å²) in [5.74, 6) is 5.50. The topological polar surface area (TPSA) is 95.3 Å². The summed E-state index contributed by atoms with van der Waals surface area (Å²) in [6, 6.07) is 15.7. The Kier molecular flexibility index (Phi) is 3.31. The van der Waals surface area contributed by atoms with E-state index in [0.717, 1.165) is 27.7 Å². The Labute approximate surface area is 128 Å². The molecule has 0 saturated carbocycles. The molecule has 0 bridgehead atoms. The van der Waals surface area contributed by atoms with Gasteiger partial charge in [-0.2, -0.15) is 5.10 Å². The van der Waals surface area contributed by atoms with Crippen LogP contribution in [0.15, 0.2) is 66.4 Å². The van der Waals surface area contributed by atoms with Crippen molar-refractivity contribution in [3.63, 3.8) is 0 Å². The molecule has 110 valence electrons. The molecular formula is C17H17N5. The van der Waals surface area contributed by atoms with E-state index in [1.54, 1.807) is 0 Å². The summed E-state index contributed by atoms with van der Waals surface area (Å²) in [5.41, 5.74) is 15.9. The molecular weight excluding hydrogens is 274 g/mol. The lowest BCUT2D eigenvalue weighted by atomic mass is 10.1. The van der Waals surface area contributed by atoms with Crippen LogP contribution in [-0.2, 0) is 0 Å². The summed E-state index contributed by atoms with van der Waals surface area (Å²) in [7, 11) is 0. The van der Waals surface area contributed by atoms with Crippen molar-refractivity contribution in [2.45, 2.75) is 0 Å². The second-order valence-corrected chi connectivity index (χ2v) is 5.02. The third-order valence-electron chi connectivity index (χ3n) is 3.64. The number of hydrazone groups is 1. The van der Waals surface area contributed by atoms with Gasteiger partial charge >= 0.3 is 0 Å². The predicted octanol–water partition coefficient (Wildman–Crippen LogP) is 2.14. The highest BCUT2D eigenvalue weighted by molar-refractivity contribution is 5.97. The summed E-state index contributed by atoms with van der Waals surface area (Å²) in [6.45, 7) is 3.85. The molecule has 0 radical (unpaired) electrons. The van der Waals surface area contributed by atoms with E-state index < -0.39 is 0 Å². The number of fused-ring (bicyclic) bond motifs is 1. The molecule has 0 fully saturated rings. The van der Waals surface area contributed by atoms with Gasteiger partial charge in [0, 0.05) is 34.1 Å². The van der Waals surface area contributed by atoms with Crippen molar-refractivity contribution < 1.29 is 0 Å². The minimum absolute atomic E-state index is 0.305. The van der Waals surface area contributed by atoms with Crippen molar-refractivity contribution in [3.8, 4) is 5.69 Å². The maximum Gasteiger partial charge on any atom is 0.150 e. The second kappa shape index (κ2) is 5.29. The number of hydrogen-bond acceptors (Lipinski definition) is 3. The van der Waals surface area contributed by atoms with Crippen LogP contribution in [0.3, 0.4) is 0 Å². The molecule has 6 N–H and O–H groups in total. The molecule has 0 atom stereocenters. The number of nitrogens with two attached hydrogens (primary N) is 3. The lowest BCUT2D eigenvalue weighted by Crippen LogP contribution is -2.15. The molecule has 3 aromatic rings. The zero-order valence-corrected chi connectivity index (χ0v) is 12.0. The van der Waals surface area contributed by atoms with Gasteiger partial charge in [0.25, 0.3) is 0 Å². The monoisotopic (exact) mass is 291 g/mol. The molecule has 0 spiro atoms. The van der Waals surface area contributed by atoms with Gasteiger partial charge in [0.15, 0.2) is 0 Å². The first-order valence-electron chi connectivity index (χ1n) is 6.81. The van der Waals surface area contributed by atoms with Gasteiger partial charge in [-0.1, -0.05) is 24.8 Å². The van der Waals surface area contributed by atoms with E-state index in [4.69, 9.17) is 17.3 Å². The van der Waals surface area contributed by atoms with Crippen LogP contribution in [0.4, 0.5) is 0 Å². The number of aromatic nitrogens is 1. The summed E-state index contributed by atoms with van der Waals surface area (Å²) in [6.07, 6.45) is 1.99. The minimum Gasteiger partial charge on any atom is -0.399 e. The van der Waals surface area contributed by atoms with E-state index in [1.165, 1.54) is 0 Å². The van der Waals surface area contributed by atoms with E-state index in [9.17, 15) is 0 Å². The smallest absolute Gasteiger partial charge is 0.150 e. The molecule has 0 aliphatic heterocycles. The van der Waals surface area contributed by atoms with Gasteiger partial charge in [-0.15, -0.1) is 0 Å². The standard InChI is InChI=1S/C17H17N5/c1-11(18)15-10-22(16-5-3-2-4-14(15)16)13-8-6-12(7-9-13)17(19)21-20/h2-10H,1,18,20H2,(H2,19,21). The van der Waals surface area contributed by atoms with Gasteiger partial charge in [-0.3, -0.25) is 0 Å². The number of benzene rings is 2. The van der Waals surface area contributed by atoms with Crippen molar-refractivity contribution in [1.29, 1.82) is 0 Å². The Morgan fingerprint density at radius 2 is 1.68 bits per heavy atom. The van der Waals surface area contributed by atoms with Crippen LogP contribution in [0.25, 0.3) is 22.3 Å². The molecule has 1 heterocycles. The number of nitrogens with zero attached hydrogens (tertiary/aromatic N) is 2. The van der Waals surface area contributed by atoms with E-state index in [-0.39, 0.29) is 0 Å². The Bertz CT molecular complexity index is 872. The van der Waals surface area contributed by atoms with E-state index in [0.29, 0.717) is 11.5 Å². The van der Waals surface area contributed by atoms with Gasteiger partial charge in [0.2, 0.25) is 0 Å². The summed E-state index contributed by atoms with van der Waals surface area (Å²) in [4.78, 5) is 0. The molecule has 2 aromatic carbocycles. The first-order chi connectivity index (χ1) is 10.6.